The van der Waals surface area contributed by atoms with Crippen molar-refractivity contribution in [3.05, 3.63) is 29.3 Å². The van der Waals surface area contributed by atoms with Crippen molar-refractivity contribution in [2.45, 2.75) is 39.7 Å². The molecule has 1 aromatic carbocycles. The molecule has 1 unspecified atom stereocenters. The molecule has 0 radical (unpaired) electrons. The smallest absolute Gasteiger partial charge is 0.122 e. The van der Waals surface area contributed by atoms with Crippen LogP contribution in [-0.4, -0.2) is 19.7 Å². The highest BCUT2D eigenvalue weighted by molar-refractivity contribution is 5.37. The second kappa shape index (κ2) is 5.90. The van der Waals surface area contributed by atoms with E-state index >= 15 is 0 Å². The first-order valence-electron chi connectivity index (χ1n) is 5.96. The quantitative estimate of drug-likeness (QED) is 0.825. The Balaban J connectivity index is 2.81. The Kier molecular flexibility index (Phi) is 4.81. The van der Waals surface area contributed by atoms with Gasteiger partial charge in [0.2, 0.25) is 0 Å². The van der Waals surface area contributed by atoms with Gasteiger partial charge in [0.15, 0.2) is 0 Å². The van der Waals surface area contributed by atoms with Gasteiger partial charge in [0.25, 0.3) is 0 Å². The van der Waals surface area contributed by atoms with E-state index in [0.29, 0.717) is 5.92 Å². The van der Waals surface area contributed by atoms with Gasteiger partial charge >= 0.3 is 0 Å². The van der Waals surface area contributed by atoms with Gasteiger partial charge in [-0.25, -0.2) is 0 Å². The first kappa shape index (κ1) is 13.0. The summed E-state index contributed by atoms with van der Waals surface area (Å²) in [5.41, 5.74) is 2.53. The second-order valence-electron chi connectivity index (χ2n) is 4.67. The van der Waals surface area contributed by atoms with Crippen LogP contribution in [0.2, 0.25) is 0 Å². The maximum Gasteiger partial charge on any atom is 0.122 e. The first-order chi connectivity index (χ1) is 7.54. The predicted molar refractivity (Wildman–Crippen MR) is 69.3 cm³/mol. The number of aryl methyl sites for hydroxylation is 1. The summed E-state index contributed by atoms with van der Waals surface area (Å²) in [5.74, 6) is 1.55. The van der Waals surface area contributed by atoms with E-state index in [1.165, 1.54) is 11.1 Å². The molecule has 0 amide bonds. The Morgan fingerprint density at radius 1 is 1.25 bits per heavy atom. The summed E-state index contributed by atoms with van der Waals surface area (Å²) in [6.07, 6.45) is 0.200. The van der Waals surface area contributed by atoms with Gasteiger partial charge in [0.05, 0.1) is 0 Å². The maximum absolute atomic E-state index is 5.91. The van der Waals surface area contributed by atoms with Crippen molar-refractivity contribution in [2.75, 3.05) is 13.6 Å². The molecule has 1 aromatic rings. The average Bonchev–Trinajstić information content (AvgIpc) is 2.21. The average molecular weight is 221 g/mol. The van der Waals surface area contributed by atoms with Crippen LogP contribution in [-0.2, 0) is 0 Å². The van der Waals surface area contributed by atoms with E-state index in [0.717, 1.165) is 12.3 Å². The molecule has 0 saturated heterocycles. The third-order valence-electron chi connectivity index (χ3n) is 2.70. The number of rotatable bonds is 5. The fraction of sp³-hybridized carbons (Fsp3) is 0.571. The van der Waals surface area contributed by atoms with Crippen LogP contribution in [0.1, 0.15) is 37.8 Å². The fourth-order valence-corrected chi connectivity index (χ4v) is 1.65. The number of nitrogens with one attached hydrogen (secondary N) is 1. The third-order valence-corrected chi connectivity index (χ3v) is 2.70. The molecule has 0 spiro atoms. The van der Waals surface area contributed by atoms with Crippen molar-refractivity contribution in [3.8, 4) is 5.75 Å². The first-order valence-corrected chi connectivity index (χ1v) is 5.96. The summed E-state index contributed by atoms with van der Waals surface area (Å²) in [6.45, 7) is 9.44. The maximum atomic E-state index is 5.91. The highest BCUT2D eigenvalue weighted by atomic mass is 16.5. The van der Waals surface area contributed by atoms with Crippen LogP contribution < -0.4 is 10.1 Å². The molecule has 0 bridgehead atoms. The zero-order valence-electron chi connectivity index (χ0n) is 11.0. The molecule has 0 aromatic heterocycles. The summed E-state index contributed by atoms with van der Waals surface area (Å²) in [5, 5.41) is 3.12. The van der Waals surface area contributed by atoms with Crippen molar-refractivity contribution in [3.63, 3.8) is 0 Å². The van der Waals surface area contributed by atoms with E-state index in [1.54, 1.807) is 0 Å². The van der Waals surface area contributed by atoms with Gasteiger partial charge in [-0.1, -0.05) is 26.0 Å². The minimum absolute atomic E-state index is 0.200. The van der Waals surface area contributed by atoms with Crippen molar-refractivity contribution in [2.24, 2.45) is 0 Å². The number of hydrogen-bond acceptors (Lipinski definition) is 2. The van der Waals surface area contributed by atoms with E-state index in [9.17, 15) is 0 Å². The summed E-state index contributed by atoms with van der Waals surface area (Å²) in [6, 6.07) is 6.47. The Morgan fingerprint density at radius 3 is 2.50 bits per heavy atom. The van der Waals surface area contributed by atoms with Gasteiger partial charge in [0.1, 0.15) is 11.9 Å². The standard InChI is InChI=1S/C14H23NO/c1-10(2)13-7-6-11(3)14(8-13)16-12(4)9-15-5/h6-8,10,12,15H,9H2,1-5H3. The molecule has 90 valence electrons. The van der Waals surface area contributed by atoms with Crippen LogP contribution in [0.4, 0.5) is 0 Å². The van der Waals surface area contributed by atoms with Crippen LogP contribution in [0, 0.1) is 6.92 Å². The zero-order chi connectivity index (χ0) is 12.1. The van der Waals surface area contributed by atoms with Gasteiger partial charge in [0, 0.05) is 6.54 Å². The Labute approximate surface area is 99.0 Å². The lowest BCUT2D eigenvalue weighted by Gasteiger charge is -2.17. The number of benzene rings is 1. The fourth-order valence-electron chi connectivity index (χ4n) is 1.65. The Hall–Kier alpha value is -1.02. The highest BCUT2D eigenvalue weighted by Gasteiger charge is 2.08. The lowest BCUT2D eigenvalue weighted by atomic mass is 10.0. The molecule has 0 fully saturated rings. The predicted octanol–water partition coefficient (Wildman–Crippen LogP) is 3.11. The highest BCUT2D eigenvalue weighted by Crippen LogP contribution is 2.24. The van der Waals surface area contributed by atoms with E-state index < -0.39 is 0 Å². The van der Waals surface area contributed by atoms with Gasteiger partial charge in [-0.2, -0.15) is 0 Å². The minimum Gasteiger partial charge on any atom is -0.489 e. The summed E-state index contributed by atoms with van der Waals surface area (Å²) in [4.78, 5) is 0. The van der Waals surface area contributed by atoms with E-state index in [1.807, 2.05) is 7.05 Å². The van der Waals surface area contributed by atoms with Gasteiger partial charge in [-0.3, -0.25) is 0 Å². The Bertz CT molecular complexity index is 334. The second-order valence-corrected chi connectivity index (χ2v) is 4.67. The van der Waals surface area contributed by atoms with Crippen LogP contribution in [0.3, 0.4) is 0 Å². The summed E-state index contributed by atoms with van der Waals surface area (Å²) < 4.78 is 5.91. The molecule has 0 aliphatic rings. The zero-order valence-corrected chi connectivity index (χ0v) is 11.0. The lowest BCUT2D eigenvalue weighted by Crippen LogP contribution is -2.26. The van der Waals surface area contributed by atoms with Crippen molar-refractivity contribution >= 4 is 0 Å². The largest absolute Gasteiger partial charge is 0.489 e. The normalized spacial score (nSPS) is 12.9. The van der Waals surface area contributed by atoms with Crippen molar-refractivity contribution in [1.82, 2.24) is 5.32 Å². The minimum atomic E-state index is 0.200. The molecule has 1 atom stereocenters. The number of ether oxygens (including phenoxy) is 1. The Morgan fingerprint density at radius 2 is 1.94 bits per heavy atom. The molecule has 2 nitrogen and oxygen atoms in total. The van der Waals surface area contributed by atoms with Crippen LogP contribution in [0.15, 0.2) is 18.2 Å². The molecule has 0 heterocycles. The van der Waals surface area contributed by atoms with Crippen molar-refractivity contribution in [1.29, 1.82) is 0 Å². The monoisotopic (exact) mass is 221 g/mol. The van der Waals surface area contributed by atoms with Crippen LogP contribution >= 0.6 is 0 Å². The molecule has 2 heteroatoms. The third kappa shape index (κ3) is 3.53. The number of likely N-dealkylation sites (N-methyl/N-ethyl adjacent to an activating group) is 1. The van der Waals surface area contributed by atoms with E-state index in [-0.39, 0.29) is 6.10 Å². The molecular formula is C14H23NO. The molecule has 1 N–H and O–H groups in total. The SMILES string of the molecule is CNCC(C)Oc1cc(C(C)C)ccc1C. The number of hydrogen-bond donors (Lipinski definition) is 1. The molecule has 0 aliphatic carbocycles. The van der Waals surface area contributed by atoms with E-state index in [4.69, 9.17) is 4.74 Å². The van der Waals surface area contributed by atoms with Gasteiger partial charge < -0.3 is 10.1 Å². The lowest BCUT2D eigenvalue weighted by molar-refractivity contribution is 0.219. The molecule has 0 aliphatic heterocycles. The van der Waals surface area contributed by atoms with Crippen molar-refractivity contribution < 1.29 is 4.74 Å². The van der Waals surface area contributed by atoms with Crippen LogP contribution in [0.5, 0.6) is 5.75 Å². The van der Waals surface area contributed by atoms with Gasteiger partial charge in [-0.15, -0.1) is 0 Å². The molecule has 1 rings (SSSR count). The molecule has 0 saturated carbocycles. The molecular weight excluding hydrogens is 198 g/mol. The van der Waals surface area contributed by atoms with Crippen LogP contribution in [0.25, 0.3) is 0 Å². The van der Waals surface area contributed by atoms with Gasteiger partial charge in [-0.05, 0) is 44.0 Å². The summed E-state index contributed by atoms with van der Waals surface area (Å²) in [7, 11) is 1.94. The summed E-state index contributed by atoms with van der Waals surface area (Å²) >= 11 is 0. The molecule has 16 heavy (non-hydrogen) atoms. The van der Waals surface area contributed by atoms with E-state index in [2.05, 4.69) is 51.2 Å². The topological polar surface area (TPSA) is 21.3 Å².